The first-order chi connectivity index (χ1) is 11.5. The van der Waals surface area contributed by atoms with Gasteiger partial charge in [0, 0.05) is 13.6 Å². The van der Waals surface area contributed by atoms with Crippen LogP contribution < -0.4 is 10.2 Å². The molecule has 0 bridgehead atoms. The zero-order valence-electron chi connectivity index (χ0n) is 12.9. The average molecular weight is 334 g/mol. The highest BCUT2D eigenvalue weighted by Gasteiger charge is 2.33. The summed E-state index contributed by atoms with van der Waals surface area (Å²) in [5.41, 5.74) is 0.716. The van der Waals surface area contributed by atoms with Gasteiger partial charge >= 0.3 is 0 Å². The maximum Gasteiger partial charge on any atom is 0.271 e. The first kappa shape index (κ1) is 16.3. The van der Waals surface area contributed by atoms with Crippen molar-refractivity contribution in [3.05, 3.63) is 53.2 Å². The summed E-state index contributed by atoms with van der Waals surface area (Å²) in [5.74, 6) is -1.75. The second-order valence-corrected chi connectivity index (χ2v) is 5.59. The Bertz CT molecular complexity index is 754. The molecule has 1 aromatic carbocycles. The highest BCUT2D eigenvalue weighted by molar-refractivity contribution is 5.91. The Labute approximate surface area is 137 Å². The lowest BCUT2D eigenvalue weighted by Gasteiger charge is -2.25. The zero-order chi connectivity index (χ0) is 17.3. The van der Waals surface area contributed by atoms with Crippen LogP contribution in [0.4, 0.5) is 14.6 Å². The average Bonchev–Trinajstić information content (AvgIpc) is 2.98. The van der Waals surface area contributed by atoms with Crippen molar-refractivity contribution < 1.29 is 18.7 Å². The standard InChI is InChI=1S/C16H16F2N4O2/c1-19-16(24)13-4-5-15(21-20-13)22-8-10(23)7-14(22)9-2-3-11(17)12(18)6-9/h2-6,10,14,23H,7-8H2,1H3,(H,19,24)/t10-,14+/m1/s1. The number of amides is 1. The van der Waals surface area contributed by atoms with Crippen molar-refractivity contribution in [2.45, 2.75) is 18.6 Å². The number of aliphatic hydroxyl groups excluding tert-OH is 1. The van der Waals surface area contributed by atoms with E-state index in [0.29, 0.717) is 17.8 Å². The van der Waals surface area contributed by atoms with Crippen molar-refractivity contribution in [1.29, 1.82) is 0 Å². The fraction of sp³-hybridized carbons (Fsp3) is 0.312. The number of hydrogen-bond acceptors (Lipinski definition) is 5. The number of carbonyl (C=O) groups is 1. The predicted octanol–water partition coefficient (Wildman–Crippen LogP) is 1.43. The van der Waals surface area contributed by atoms with E-state index in [1.165, 1.54) is 19.2 Å². The molecular formula is C16H16F2N4O2. The minimum Gasteiger partial charge on any atom is -0.391 e. The van der Waals surface area contributed by atoms with Crippen molar-refractivity contribution >= 4 is 11.7 Å². The van der Waals surface area contributed by atoms with Gasteiger partial charge in [0.05, 0.1) is 12.1 Å². The summed E-state index contributed by atoms with van der Waals surface area (Å²) in [6.45, 7) is 0.289. The lowest BCUT2D eigenvalue weighted by Crippen LogP contribution is -2.26. The Balaban J connectivity index is 1.90. The summed E-state index contributed by atoms with van der Waals surface area (Å²) >= 11 is 0. The van der Waals surface area contributed by atoms with Crippen molar-refractivity contribution in [2.75, 3.05) is 18.5 Å². The van der Waals surface area contributed by atoms with Crippen LogP contribution in [-0.2, 0) is 0 Å². The molecule has 0 unspecified atom stereocenters. The lowest BCUT2D eigenvalue weighted by molar-refractivity contribution is 0.0957. The van der Waals surface area contributed by atoms with Crippen LogP contribution in [0.25, 0.3) is 0 Å². The molecule has 24 heavy (non-hydrogen) atoms. The highest BCUT2D eigenvalue weighted by Crippen LogP contribution is 2.35. The Morgan fingerprint density at radius 3 is 2.67 bits per heavy atom. The van der Waals surface area contributed by atoms with Crippen LogP contribution in [0, 0.1) is 11.6 Å². The number of nitrogens with zero attached hydrogens (tertiary/aromatic N) is 3. The van der Waals surface area contributed by atoms with Gasteiger partial charge in [-0.1, -0.05) is 6.07 Å². The summed E-state index contributed by atoms with van der Waals surface area (Å²) in [6, 6.07) is 6.46. The number of halogens is 2. The number of aliphatic hydroxyl groups is 1. The topological polar surface area (TPSA) is 78.4 Å². The molecule has 2 aromatic rings. The van der Waals surface area contributed by atoms with Crippen molar-refractivity contribution in [3.8, 4) is 0 Å². The number of nitrogens with one attached hydrogen (secondary N) is 1. The van der Waals surface area contributed by atoms with Crippen LogP contribution in [0.1, 0.15) is 28.5 Å². The lowest BCUT2D eigenvalue weighted by atomic mass is 10.0. The van der Waals surface area contributed by atoms with Crippen LogP contribution >= 0.6 is 0 Å². The molecule has 6 nitrogen and oxygen atoms in total. The van der Waals surface area contributed by atoms with E-state index in [4.69, 9.17) is 0 Å². The van der Waals surface area contributed by atoms with Crippen molar-refractivity contribution in [2.24, 2.45) is 0 Å². The van der Waals surface area contributed by atoms with E-state index in [1.807, 2.05) is 0 Å². The van der Waals surface area contributed by atoms with Gasteiger partial charge in [-0.15, -0.1) is 10.2 Å². The number of anilines is 1. The molecular weight excluding hydrogens is 318 g/mol. The van der Waals surface area contributed by atoms with Crippen molar-refractivity contribution in [3.63, 3.8) is 0 Å². The van der Waals surface area contributed by atoms with E-state index in [0.717, 1.165) is 12.1 Å². The van der Waals surface area contributed by atoms with Gasteiger partial charge in [0.25, 0.3) is 5.91 Å². The smallest absolute Gasteiger partial charge is 0.271 e. The van der Waals surface area contributed by atoms with Crippen LogP contribution in [0.2, 0.25) is 0 Å². The molecule has 8 heteroatoms. The van der Waals surface area contributed by atoms with E-state index >= 15 is 0 Å². The Hall–Kier alpha value is -2.61. The third-order valence-electron chi connectivity index (χ3n) is 4.01. The van der Waals surface area contributed by atoms with Crippen LogP contribution in [0.3, 0.4) is 0 Å². The Morgan fingerprint density at radius 1 is 1.25 bits per heavy atom. The van der Waals surface area contributed by atoms with E-state index in [1.54, 1.807) is 11.0 Å². The SMILES string of the molecule is CNC(=O)c1ccc(N2C[C@H](O)C[C@H]2c2ccc(F)c(F)c2)nn1. The zero-order valence-corrected chi connectivity index (χ0v) is 12.9. The first-order valence-corrected chi connectivity index (χ1v) is 7.45. The number of carbonyl (C=O) groups excluding carboxylic acids is 1. The fourth-order valence-corrected chi connectivity index (χ4v) is 2.83. The summed E-state index contributed by atoms with van der Waals surface area (Å²) in [6.07, 6.45) is -0.257. The Kier molecular flexibility index (Phi) is 4.39. The monoisotopic (exact) mass is 334 g/mol. The van der Waals surface area contributed by atoms with Crippen LogP contribution in [-0.4, -0.2) is 40.9 Å². The van der Waals surface area contributed by atoms with Gasteiger partial charge in [0.15, 0.2) is 23.1 Å². The molecule has 0 aliphatic carbocycles. The minimum atomic E-state index is -0.935. The summed E-state index contributed by atoms with van der Waals surface area (Å²) in [7, 11) is 1.49. The third-order valence-corrected chi connectivity index (χ3v) is 4.01. The molecule has 1 fully saturated rings. The van der Waals surface area contributed by atoms with Crippen molar-refractivity contribution in [1.82, 2.24) is 15.5 Å². The highest BCUT2D eigenvalue weighted by atomic mass is 19.2. The quantitative estimate of drug-likeness (QED) is 0.888. The minimum absolute atomic E-state index is 0.172. The number of rotatable bonds is 3. The number of β-amino-alcohol motifs (C(OH)–C–C–N with tert-alkyl or cyclic N) is 1. The molecule has 0 spiro atoms. The maximum absolute atomic E-state index is 13.5. The molecule has 1 amide bonds. The third kappa shape index (κ3) is 3.05. The predicted molar refractivity (Wildman–Crippen MR) is 82.5 cm³/mol. The van der Waals surface area contributed by atoms with Gasteiger partial charge in [-0.3, -0.25) is 4.79 Å². The van der Waals surface area contributed by atoms with E-state index < -0.39 is 17.7 Å². The van der Waals surface area contributed by atoms with Crippen LogP contribution in [0.5, 0.6) is 0 Å². The number of benzene rings is 1. The van der Waals surface area contributed by atoms with Gasteiger partial charge in [-0.2, -0.15) is 0 Å². The molecule has 2 N–H and O–H groups in total. The first-order valence-electron chi connectivity index (χ1n) is 7.45. The molecule has 0 saturated carbocycles. The normalized spacial score (nSPS) is 20.2. The molecule has 0 radical (unpaired) electrons. The maximum atomic E-state index is 13.5. The molecule has 1 aliphatic heterocycles. The molecule has 3 rings (SSSR count). The molecule has 2 heterocycles. The molecule has 1 aromatic heterocycles. The van der Waals surface area contributed by atoms with Gasteiger partial charge in [-0.25, -0.2) is 8.78 Å². The number of aromatic nitrogens is 2. The van der Waals surface area contributed by atoms with E-state index in [2.05, 4.69) is 15.5 Å². The van der Waals surface area contributed by atoms with Gasteiger partial charge < -0.3 is 15.3 Å². The van der Waals surface area contributed by atoms with E-state index in [-0.39, 0.29) is 24.2 Å². The molecule has 2 atom stereocenters. The van der Waals surface area contributed by atoms with Gasteiger partial charge in [0.2, 0.25) is 0 Å². The molecule has 126 valence electrons. The summed E-state index contributed by atoms with van der Waals surface area (Å²) in [5, 5.41) is 20.3. The van der Waals surface area contributed by atoms with E-state index in [9.17, 15) is 18.7 Å². The number of hydrogen-bond donors (Lipinski definition) is 2. The summed E-state index contributed by atoms with van der Waals surface area (Å²) in [4.78, 5) is 13.3. The second-order valence-electron chi connectivity index (χ2n) is 5.59. The van der Waals surface area contributed by atoms with Gasteiger partial charge in [-0.05, 0) is 36.2 Å². The largest absolute Gasteiger partial charge is 0.391 e. The van der Waals surface area contributed by atoms with Gasteiger partial charge in [0.1, 0.15) is 0 Å². The Morgan fingerprint density at radius 2 is 2.04 bits per heavy atom. The van der Waals surface area contributed by atoms with Crippen LogP contribution in [0.15, 0.2) is 30.3 Å². The summed E-state index contributed by atoms with van der Waals surface area (Å²) < 4.78 is 26.6. The molecule has 1 saturated heterocycles. The second kappa shape index (κ2) is 6.48. The fourth-order valence-electron chi connectivity index (χ4n) is 2.83. The molecule has 1 aliphatic rings.